The monoisotopic (exact) mass is 311 g/mol. The molecular weight excluding hydrogens is 288 g/mol. The first kappa shape index (κ1) is 16.8. The van der Waals surface area contributed by atoms with E-state index in [0.717, 1.165) is 25.2 Å². The van der Waals surface area contributed by atoms with Crippen molar-refractivity contribution in [2.75, 3.05) is 47.3 Å². The first-order valence-corrected chi connectivity index (χ1v) is 7.43. The van der Waals surface area contributed by atoms with Gasteiger partial charge in [-0.2, -0.15) is 0 Å². The van der Waals surface area contributed by atoms with Crippen LogP contribution in [0.1, 0.15) is 5.56 Å². The fourth-order valence-electron chi connectivity index (χ4n) is 2.81. The highest BCUT2D eigenvalue weighted by Crippen LogP contribution is 2.16. The van der Waals surface area contributed by atoms with E-state index in [0.29, 0.717) is 25.2 Å². The van der Waals surface area contributed by atoms with E-state index in [1.165, 1.54) is 6.07 Å². The highest BCUT2D eigenvalue weighted by Gasteiger charge is 2.28. The fraction of sp³-hybridized carbons (Fsp3) is 0.562. The van der Waals surface area contributed by atoms with E-state index < -0.39 is 11.6 Å². The van der Waals surface area contributed by atoms with E-state index in [9.17, 15) is 13.6 Å². The lowest BCUT2D eigenvalue weighted by molar-refractivity contribution is -0.133. The van der Waals surface area contributed by atoms with Crippen LogP contribution in [0.4, 0.5) is 8.78 Å². The van der Waals surface area contributed by atoms with E-state index in [1.807, 2.05) is 11.9 Å². The second kappa shape index (κ2) is 7.15. The van der Waals surface area contributed by atoms with Crippen molar-refractivity contribution in [2.45, 2.75) is 6.54 Å². The number of hydrogen-bond acceptors (Lipinski definition) is 3. The Bertz CT molecular complexity index is 536. The van der Waals surface area contributed by atoms with Crippen LogP contribution in [0, 0.1) is 17.6 Å². The summed E-state index contributed by atoms with van der Waals surface area (Å²) in [6, 6.07) is 3.50. The predicted octanol–water partition coefficient (Wildman–Crippen LogP) is 1.42. The minimum absolute atomic E-state index is 0.0680. The summed E-state index contributed by atoms with van der Waals surface area (Å²) in [6.45, 7) is 3.07. The molecule has 0 radical (unpaired) electrons. The molecule has 1 aromatic rings. The normalized spacial score (nSPS) is 20.7. The van der Waals surface area contributed by atoms with Crippen LogP contribution in [0.5, 0.6) is 0 Å². The Labute approximate surface area is 130 Å². The Morgan fingerprint density at radius 2 is 2.00 bits per heavy atom. The molecule has 0 N–H and O–H groups in total. The van der Waals surface area contributed by atoms with Gasteiger partial charge in [-0.1, -0.05) is 0 Å². The molecule has 0 unspecified atom stereocenters. The van der Waals surface area contributed by atoms with Crippen molar-refractivity contribution in [1.29, 1.82) is 0 Å². The van der Waals surface area contributed by atoms with E-state index in [1.54, 1.807) is 19.0 Å². The van der Waals surface area contributed by atoms with Gasteiger partial charge in [0.15, 0.2) is 0 Å². The van der Waals surface area contributed by atoms with Crippen molar-refractivity contribution >= 4 is 5.91 Å². The number of hydrogen-bond donors (Lipinski definition) is 0. The molecule has 1 heterocycles. The average Bonchev–Trinajstić information content (AvgIpc) is 2.64. The number of carbonyl (C=O) groups is 1. The number of nitrogens with zero attached hydrogens (tertiary/aromatic N) is 3. The summed E-state index contributed by atoms with van der Waals surface area (Å²) in [5.41, 5.74) is 0.334. The van der Waals surface area contributed by atoms with E-state index in [2.05, 4.69) is 4.90 Å². The van der Waals surface area contributed by atoms with Gasteiger partial charge in [-0.15, -0.1) is 0 Å². The molecule has 22 heavy (non-hydrogen) atoms. The third kappa shape index (κ3) is 4.24. The van der Waals surface area contributed by atoms with Crippen LogP contribution in [0.25, 0.3) is 0 Å². The Morgan fingerprint density at radius 1 is 1.27 bits per heavy atom. The maximum atomic E-state index is 13.8. The van der Waals surface area contributed by atoms with Crippen LogP contribution >= 0.6 is 0 Å². The largest absolute Gasteiger partial charge is 0.348 e. The number of rotatable bonds is 3. The molecule has 0 bridgehead atoms. The van der Waals surface area contributed by atoms with Gasteiger partial charge in [-0.25, -0.2) is 8.78 Å². The molecule has 0 aliphatic carbocycles. The molecular formula is C16H23F2N3O. The molecule has 0 saturated carbocycles. The summed E-state index contributed by atoms with van der Waals surface area (Å²) < 4.78 is 27.1. The highest BCUT2D eigenvalue weighted by atomic mass is 19.1. The first-order valence-electron chi connectivity index (χ1n) is 7.43. The van der Waals surface area contributed by atoms with Crippen molar-refractivity contribution in [3.8, 4) is 0 Å². The number of benzene rings is 1. The maximum absolute atomic E-state index is 13.8. The molecule has 1 atom stereocenters. The minimum atomic E-state index is -0.441. The van der Waals surface area contributed by atoms with Gasteiger partial charge in [0, 0.05) is 52.4 Å². The number of amides is 1. The van der Waals surface area contributed by atoms with Crippen molar-refractivity contribution < 1.29 is 13.6 Å². The zero-order valence-corrected chi connectivity index (χ0v) is 13.4. The quantitative estimate of drug-likeness (QED) is 0.845. The second-order valence-corrected chi connectivity index (χ2v) is 6.16. The Morgan fingerprint density at radius 3 is 2.68 bits per heavy atom. The summed E-state index contributed by atoms with van der Waals surface area (Å²) in [7, 11) is 5.45. The molecule has 0 aromatic heterocycles. The van der Waals surface area contributed by atoms with Crippen LogP contribution in [-0.2, 0) is 11.3 Å². The van der Waals surface area contributed by atoms with E-state index in [-0.39, 0.29) is 11.8 Å². The van der Waals surface area contributed by atoms with Crippen molar-refractivity contribution in [3.05, 3.63) is 35.4 Å². The van der Waals surface area contributed by atoms with Crippen LogP contribution in [0.2, 0.25) is 0 Å². The first-order chi connectivity index (χ1) is 10.4. The SMILES string of the molecule is CN1CCN(Cc2cc(F)ccc2F)C[C@@H](C(=O)N(C)C)C1. The molecule has 1 aromatic carbocycles. The number of halogens is 2. The van der Waals surface area contributed by atoms with Crippen LogP contribution in [0.15, 0.2) is 18.2 Å². The maximum Gasteiger partial charge on any atom is 0.227 e. The van der Waals surface area contributed by atoms with Crippen LogP contribution in [-0.4, -0.2) is 67.9 Å². The standard InChI is InChI=1S/C16H23F2N3O/c1-19(2)16(22)13-9-20(3)6-7-21(11-13)10-12-8-14(17)4-5-15(12)18/h4-5,8,13H,6-7,9-11H2,1-3H3/t13-/m0/s1. The molecule has 1 amide bonds. The van der Waals surface area contributed by atoms with E-state index in [4.69, 9.17) is 0 Å². The van der Waals surface area contributed by atoms with Gasteiger partial charge >= 0.3 is 0 Å². The molecule has 1 aliphatic rings. The third-order valence-electron chi connectivity index (χ3n) is 4.00. The van der Waals surface area contributed by atoms with Crippen molar-refractivity contribution in [3.63, 3.8) is 0 Å². The summed E-state index contributed by atoms with van der Waals surface area (Å²) in [5.74, 6) is -0.934. The molecule has 2 rings (SSSR count). The Kier molecular flexibility index (Phi) is 5.47. The fourth-order valence-corrected chi connectivity index (χ4v) is 2.81. The van der Waals surface area contributed by atoms with E-state index >= 15 is 0 Å². The van der Waals surface area contributed by atoms with Crippen molar-refractivity contribution in [2.24, 2.45) is 5.92 Å². The topological polar surface area (TPSA) is 26.8 Å². The minimum Gasteiger partial charge on any atom is -0.348 e. The highest BCUT2D eigenvalue weighted by molar-refractivity contribution is 5.78. The molecule has 1 aliphatic heterocycles. The van der Waals surface area contributed by atoms with Gasteiger partial charge in [0.1, 0.15) is 11.6 Å². The molecule has 4 nitrogen and oxygen atoms in total. The lowest BCUT2D eigenvalue weighted by atomic mass is 10.1. The molecule has 1 fully saturated rings. The van der Waals surface area contributed by atoms with Gasteiger partial charge in [0.2, 0.25) is 5.91 Å². The van der Waals surface area contributed by atoms with Gasteiger partial charge < -0.3 is 9.80 Å². The molecule has 1 saturated heterocycles. The van der Waals surface area contributed by atoms with Crippen molar-refractivity contribution in [1.82, 2.24) is 14.7 Å². The average molecular weight is 311 g/mol. The number of likely N-dealkylation sites (N-methyl/N-ethyl adjacent to an activating group) is 1. The summed E-state index contributed by atoms with van der Waals surface area (Å²) in [4.78, 5) is 18.0. The third-order valence-corrected chi connectivity index (χ3v) is 4.00. The Balaban J connectivity index is 2.12. The lowest BCUT2D eigenvalue weighted by Gasteiger charge is -2.25. The Hall–Kier alpha value is -1.53. The zero-order chi connectivity index (χ0) is 16.3. The van der Waals surface area contributed by atoms with Gasteiger partial charge in [0.05, 0.1) is 5.92 Å². The van der Waals surface area contributed by atoms with Crippen LogP contribution < -0.4 is 0 Å². The zero-order valence-electron chi connectivity index (χ0n) is 13.4. The van der Waals surface area contributed by atoms with Gasteiger partial charge in [-0.05, 0) is 25.2 Å². The number of carbonyl (C=O) groups excluding carboxylic acids is 1. The second-order valence-electron chi connectivity index (χ2n) is 6.16. The van der Waals surface area contributed by atoms with Crippen LogP contribution in [0.3, 0.4) is 0 Å². The van der Waals surface area contributed by atoms with Gasteiger partial charge in [-0.3, -0.25) is 9.69 Å². The molecule has 0 spiro atoms. The smallest absolute Gasteiger partial charge is 0.227 e. The molecule has 6 heteroatoms. The predicted molar refractivity (Wildman–Crippen MR) is 81.3 cm³/mol. The lowest BCUT2D eigenvalue weighted by Crippen LogP contribution is -2.40. The molecule has 122 valence electrons. The summed E-state index contributed by atoms with van der Waals surface area (Å²) in [6.07, 6.45) is 0. The summed E-state index contributed by atoms with van der Waals surface area (Å²) in [5, 5.41) is 0. The van der Waals surface area contributed by atoms with Gasteiger partial charge in [0.25, 0.3) is 0 Å². The summed E-state index contributed by atoms with van der Waals surface area (Å²) >= 11 is 0.